The molecular formula is C23H23NO3. The molecule has 0 aliphatic carbocycles. The summed E-state index contributed by atoms with van der Waals surface area (Å²) in [5, 5.41) is 12.9. The van der Waals surface area contributed by atoms with Crippen molar-refractivity contribution in [3.05, 3.63) is 89.0 Å². The molecule has 3 aromatic rings. The van der Waals surface area contributed by atoms with Crippen LogP contribution in [0, 0.1) is 13.8 Å². The molecule has 0 bridgehead atoms. The van der Waals surface area contributed by atoms with Gasteiger partial charge in [-0.25, -0.2) is 0 Å². The number of carbonyl (C=O) groups excluding carboxylic acids is 1. The second kappa shape index (κ2) is 8.41. The Kier molecular flexibility index (Phi) is 5.77. The van der Waals surface area contributed by atoms with Gasteiger partial charge in [-0.15, -0.1) is 0 Å². The number of phenols is 1. The summed E-state index contributed by atoms with van der Waals surface area (Å²) in [7, 11) is 0. The zero-order valence-corrected chi connectivity index (χ0v) is 15.5. The number of aromatic hydroxyl groups is 1. The normalized spacial score (nSPS) is 10.4. The smallest absolute Gasteiger partial charge is 0.262 e. The van der Waals surface area contributed by atoms with E-state index in [2.05, 4.69) is 5.32 Å². The molecule has 0 saturated carbocycles. The summed E-state index contributed by atoms with van der Waals surface area (Å²) in [6.45, 7) is 3.77. The number of nitrogens with one attached hydrogen (secondary N) is 1. The summed E-state index contributed by atoms with van der Waals surface area (Å²) in [5.74, 6) is 0.447. The van der Waals surface area contributed by atoms with Crippen molar-refractivity contribution in [2.75, 3.05) is 11.9 Å². The van der Waals surface area contributed by atoms with Crippen molar-refractivity contribution in [2.24, 2.45) is 0 Å². The van der Waals surface area contributed by atoms with Gasteiger partial charge in [0.1, 0.15) is 11.5 Å². The van der Waals surface area contributed by atoms with Gasteiger partial charge in [0.05, 0.1) is 5.69 Å². The highest BCUT2D eigenvalue weighted by molar-refractivity contribution is 5.93. The second-order valence-corrected chi connectivity index (χ2v) is 6.57. The summed E-state index contributed by atoms with van der Waals surface area (Å²) in [5.41, 5.74) is 4.48. The van der Waals surface area contributed by atoms with Crippen molar-refractivity contribution >= 4 is 11.6 Å². The maximum absolute atomic E-state index is 12.2. The first-order valence-corrected chi connectivity index (χ1v) is 8.87. The van der Waals surface area contributed by atoms with Crippen molar-refractivity contribution in [1.29, 1.82) is 0 Å². The molecule has 0 aliphatic rings. The van der Waals surface area contributed by atoms with Crippen molar-refractivity contribution in [3.63, 3.8) is 0 Å². The molecule has 0 heterocycles. The maximum atomic E-state index is 12.2. The van der Waals surface area contributed by atoms with Crippen LogP contribution in [0.15, 0.2) is 66.7 Å². The Hall–Kier alpha value is -3.27. The lowest BCUT2D eigenvalue weighted by Gasteiger charge is -2.13. The number of carbonyl (C=O) groups is 1. The number of amides is 1. The highest BCUT2D eigenvalue weighted by atomic mass is 16.5. The quantitative estimate of drug-likeness (QED) is 0.630. The highest BCUT2D eigenvalue weighted by Gasteiger charge is 2.10. The predicted molar refractivity (Wildman–Crippen MR) is 107 cm³/mol. The standard InChI is InChI=1S/C23H23NO3/c1-16-7-6-8-17(2)23(16)27-15-22(26)24-20-12-11-19(14-21(20)25)13-18-9-4-3-5-10-18/h3-12,14,25H,13,15H2,1-2H3,(H,24,26). The Balaban J connectivity index is 1.61. The maximum Gasteiger partial charge on any atom is 0.262 e. The van der Waals surface area contributed by atoms with Gasteiger partial charge in [0, 0.05) is 0 Å². The Morgan fingerprint density at radius 3 is 2.30 bits per heavy atom. The van der Waals surface area contributed by atoms with E-state index in [0.717, 1.165) is 34.4 Å². The van der Waals surface area contributed by atoms with Crippen molar-refractivity contribution in [3.8, 4) is 11.5 Å². The van der Waals surface area contributed by atoms with E-state index < -0.39 is 0 Å². The number of hydrogen-bond acceptors (Lipinski definition) is 3. The van der Waals surface area contributed by atoms with Crippen LogP contribution >= 0.6 is 0 Å². The van der Waals surface area contributed by atoms with Gasteiger partial charge < -0.3 is 15.2 Å². The first kappa shape index (κ1) is 18.5. The fourth-order valence-electron chi connectivity index (χ4n) is 2.98. The SMILES string of the molecule is Cc1cccc(C)c1OCC(=O)Nc1ccc(Cc2ccccc2)cc1O. The van der Waals surface area contributed by atoms with Crippen LogP contribution in [0.25, 0.3) is 0 Å². The third-order valence-corrected chi connectivity index (χ3v) is 4.34. The molecule has 0 radical (unpaired) electrons. The highest BCUT2D eigenvalue weighted by Crippen LogP contribution is 2.26. The summed E-state index contributed by atoms with van der Waals surface area (Å²) >= 11 is 0. The summed E-state index contributed by atoms with van der Waals surface area (Å²) in [4.78, 5) is 12.2. The van der Waals surface area contributed by atoms with Crippen LogP contribution in [0.1, 0.15) is 22.3 Å². The molecule has 0 atom stereocenters. The van der Waals surface area contributed by atoms with E-state index in [-0.39, 0.29) is 18.3 Å². The van der Waals surface area contributed by atoms with Crippen molar-refractivity contribution in [1.82, 2.24) is 0 Å². The topological polar surface area (TPSA) is 58.6 Å². The van der Waals surface area contributed by atoms with E-state index >= 15 is 0 Å². The van der Waals surface area contributed by atoms with Crippen LogP contribution in [-0.4, -0.2) is 17.6 Å². The van der Waals surface area contributed by atoms with Gasteiger partial charge in [-0.3, -0.25) is 4.79 Å². The number of aryl methyl sites for hydroxylation is 2. The lowest BCUT2D eigenvalue weighted by molar-refractivity contribution is -0.118. The molecule has 2 N–H and O–H groups in total. The third-order valence-electron chi connectivity index (χ3n) is 4.34. The lowest BCUT2D eigenvalue weighted by Crippen LogP contribution is -2.20. The van der Waals surface area contributed by atoms with Gasteiger partial charge >= 0.3 is 0 Å². The number of ether oxygens (including phenoxy) is 1. The first-order chi connectivity index (χ1) is 13.0. The van der Waals surface area contributed by atoms with Gasteiger partial charge in [-0.1, -0.05) is 54.6 Å². The summed E-state index contributed by atoms with van der Waals surface area (Å²) in [6, 6.07) is 21.1. The van der Waals surface area contributed by atoms with Crippen LogP contribution < -0.4 is 10.1 Å². The molecule has 3 aromatic carbocycles. The number of phenolic OH excluding ortho intramolecular Hbond substituents is 1. The fraction of sp³-hybridized carbons (Fsp3) is 0.174. The molecule has 0 spiro atoms. The Labute approximate surface area is 159 Å². The van der Waals surface area contributed by atoms with E-state index in [4.69, 9.17) is 4.74 Å². The van der Waals surface area contributed by atoms with Gasteiger partial charge in [0.25, 0.3) is 5.91 Å². The van der Waals surface area contributed by atoms with Crippen LogP contribution in [0.3, 0.4) is 0 Å². The fourth-order valence-corrected chi connectivity index (χ4v) is 2.98. The van der Waals surface area contributed by atoms with Crippen molar-refractivity contribution < 1.29 is 14.6 Å². The molecule has 0 aromatic heterocycles. The predicted octanol–water partition coefficient (Wildman–Crippen LogP) is 4.62. The molecule has 3 rings (SSSR count). The lowest BCUT2D eigenvalue weighted by atomic mass is 10.0. The number of benzene rings is 3. The van der Waals surface area contributed by atoms with Gasteiger partial charge in [-0.2, -0.15) is 0 Å². The minimum atomic E-state index is -0.316. The summed E-state index contributed by atoms with van der Waals surface area (Å²) < 4.78 is 5.65. The third kappa shape index (κ3) is 4.88. The Bertz CT molecular complexity index is 915. The zero-order valence-electron chi connectivity index (χ0n) is 15.5. The number of anilines is 1. The monoisotopic (exact) mass is 361 g/mol. The average Bonchev–Trinajstić information content (AvgIpc) is 2.64. The molecule has 4 heteroatoms. The average molecular weight is 361 g/mol. The molecule has 0 aliphatic heterocycles. The Morgan fingerprint density at radius 1 is 0.926 bits per heavy atom. The van der Waals surface area contributed by atoms with E-state index in [1.807, 2.05) is 68.4 Å². The van der Waals surface area contributed by atoms with Crippen LogP contribution in [-0.2, 0) is 11.2 Å². The van der Waals surface area contributed by atoms with Gasteiger partial charge in [0.15, 0.2) is 6.61 Å². The van der Waals surface area contributed by atoms with Crippen molar-refractivity contribution in [2.45, 2.75) is 20.3 Å². The largest absolute Gasteiger partial charge is 0.506 e. The molecular weight excluding hydrogens is 338 g/mol. The molecule has 0 unspecified atom stereocenters. The summed E-state index contributed by atoms with van der Waals surface area (Å²) in [6.07, 6.45) is 0.721. The van der Waals surface area contributed by atoms with E-state index in [0.29, 0.717) is 5.69 Å². The molecule has 1 amide bonds. The molecule has 138 valence electrons. The number of hydrogen-bond donors (Lipinski definition) is 2. The van der Waals surface area contributed by atoms with E-state index in [9.17, 15) is 9.90 Å². The minimum absolute atomic E-state index is 0.0452. The first-order valence-electron chi connectivity index (χ1n) is 8.87. The zero-order chi connectivity index (χ0) is 19.2. The van der Waals surface area contributed by atoms with Crippen LogP contribution in [0.2, 0.25) is 0 Å². The molecule has 4 nitrogen and oxygen atoms in total. The minimum Gasteiger partial charge on any atom is -0.506 e. The second-order valence-electron chi connectivity index (χ2n) is 6.57. The molecule has 27 heavy (non-hydrogen) atoms. The molecule has 0 fully saturated rings. The van der Waals surface area contributed by atoms with E-state index in [1.54, 1.807) is 12.1 Å². The van der Waals surface area contributed by atoms with Gasteiger partial charge in [0.2, 0.25) is 0 Å². The van der Waals surface area contributed by atoms with Crippen LogP contribution in [0.5, 0.6) is 11.5 Å². The molecule has 0 saturated heterocycles. The number of para-hydroxylation sites is 1. The van der Waals surface area contributed by atoms with Gasteiger partial charge in [-0.05, 0) is 54.7 Å². The number of rotatable bonds is 6. The Morgan fingerprint density at radius 2 is 1.63 bits per heavy atom. The van der Waals surface area contributed by atoms with Crippen LogP contribution in [0.4, 0.5) is 5.69 Å². The van der Waals surface area contributed by atoms with E-state index in [1.165, 1.54) is 0 Å².